The molecule has 0 saturated heterocycles. The van der Waals surface area contributed by atoms with E-state index in [1.165, 1.54) is 44.9 Å². The smallest absolute Gasteiger partial charge is 0.343 e. The molecule has 4 nitrogen and oxygen atoms in total. The summed E-state index contributed by atoms with van der Waals surface area (Å²) in [4.78, 5) is 12.4. The maximum atomic E-state index is 12.4. The van der Waals surface area contributed by atoms with Crippen molar-refractivity contribution in [2.45, 2.75) is 91.3 Å². The molecule has 176 valence electrons. The monoisotopic (exact) mass is 440 g/mol. The first-order chi connectivity index (χ1) is 15.6. The highest BCUT2D eigenvalue weighted by Gasteiger charge is 2.09. The van der Waals surface area contributed by atoms with E-state index in [0.29, 0.717) is 24.5 Å². The van der Waals surface area contributed by atoms with Crippen molar-refractivity contribution in [2.24, 2.45) is 0 Å². The fraction of sp³-hybridized carbons (Fsp3) is 0.536. The largest absolute Gasteiger partial charge is 0.494 e. The Morgan fingerprint density at radius 2 is 1.41 bits per heavy atom. The zero-order valence-electron chi connectivity index (χ0n) is 20.1. The van der Waals surface area contributed by atoms with Crippen LogP contribution in [0.5, 0.6) is 11.5 Å². The molecule has 0 amide bonds. The van der Waals surface area contributed by atoms with Crippen molar-refractivity contribution in [2.75, 3.05) is 6.61 Å². The van der Waals surface area contributed by atoms with Crippen LogP contribution in [0.15, 0.2) is 48.5 Å². The minimum atomic E-state index is -0.371. The topological polar surface area (TPSA) is 44.8 Å². The van der Waals surface area contributed by atoms with Gasteiger partial charge in [-0.25, -0.2) is 4.79 Å². The van der Waals surface area contributed by atoms with Gasteiger partial charge in [0.1, 0.15) is 11.5 Å². The molecule has 1 atom stereocenters. The van der Waals surface area contributed by atoms with Crippen molar-refractivity contribution in [3.63, 3.8) is 0 Å². The Hall–Kier alpha value is -2.33. The molecule has 0 aliphatic heterocycles. The lowest BCUT2D eigenvalue weighted by Crippen LogP contribution is -2.09. The molecule has 2 aromatic carbocycles. The van der Waals surface area contributed by atoms with E-state index in [2.05, 4.69) is 20.8 Å². The maximum absolute atomic E-state index is 12.4. The molecule has 4 heteroatoms. The van der Waals surface area contributed by atoms with Crippen LogP contribution >= 0.6 is 0 Å². The minimum Gasteiger partial charge on any atom is -0.494 e. The number of unbranched alkanes of at least 4 members (excludes halogenated alkanes) is 6. The van der Waals surface area contributed by atoms with Crippen molar-refractivity contribution in [3.8, 4) is 11.5 Å². The van der Waals surface area contributed by atoms with Gasteiger partial charge in [0.25, 0.3) is 0 Å². The molecule has 1 unspecified atom stereocenters. The summed E-state index contributed by atoms with van der Waals surface area (Å²) in [6.45, 7) is 7.83. The van der Waals surface area contributed by atoms with Gasteiger partial charge < -0.3 is 14.2 Å². The zero-order valence-corrected chi connectivity index (χ0v) is 20.1. The third-order valence-electron chi connectivity index (χ3n) is 5.49. The molecule has 2 rings (SSSR count). The fourth-order valence-corrected chi connectivity index (χ4v) is 3.41. The van der Waals surface area contributed by atoms with Gasteiger partial charge in [0.05, 0.1) is 24.9 Å². The van der Waals surface area contributed by atoms with Gasteiger partial charge in [-0.15, -0.1) is 0 Å². The van der Waals surface area contributed by atoms with Gasteiger partial charge in [0.2, 0.25) is 0 Å². The van der Waals surface area contributed by atoms with Gasteiger partial charge in [-0.3, -0.25) is 0 Å². The summed E-state index contributed by atoms with van der Waals surface area (Å²) in [6.07, 6.45) is 11.1. The molecule has 0 spiro atoms. The third kappa shape index (κ3) is 10.3. The molecule has 32 heavy (non-hydrogen) atoms. The number of hydrogen-bond acceptors (Lipinski definition) is 4. The fourth-order valence-electron chi connectivity index (χ4n) is 3.41. The van der Waals surface area contributed by atoms with Gasteiger partial charge >= 0.3 is 5.97 Å². The van der Waals surface area contributed by atoms with Crippen LogP contribution in [0.3, 0.4) is 0 Å². The van der Waals surface area contributed by atoms with Crippen molar-refractivity contribution in [3.05, 3.63) is 59.7 Å². The maximum Gasteiger partial charge on any atom is 0.343 e. The normalized spacial score (nSPS) is 11.8. The highest BCUT2D eigenvalue weighted by atomic mass is 16.5. The Kier molecular flexibility index (Phi) is 12.5. The lowest BCUT2D eigenvalue weighted by molar-refractivity contribution is 0.0459. The van der Waals surface area contributed by atoms with E-state index in [-0.39, 0.29) is 12.1 Å². The van der Waals surface area contributed by atoms with Crippen LogP contribution in [-0.2, 0) is 11.3 Å². The average Bonchev–Trinajstić information content (AvgIpc) is 2.81. The van der Waals surface area contributed by atoms with Gasteiger partial charge in [0.15, 0.2) is 0 Å². The molecule has 0 aliphatic rings. The molecule has 0 aromatic heterocycles. The van der Waals surface area contributed by atoms with Crippen molar-refractivity contribution in [1.29, 1.82) is 0 Å². The van der Waals surface area contributed by atoms with E-state index in [9.17, 15) is 4.79 Å². The summed E-state index contributed by atoms with van der Waals surface area (Å²) in [5.74, 6) is 0.939. The third-order valence-corrected chi connectivity index (χ3v) is 5.49. The van der Waals surface area contributed by atoms with Crippen LogP contribution < -0.4 is 9.47 Å². The Balaban J connectivity index is 1.72. The lowest BCUT2D eigenvalue weighted by Gasteiger charge is -2.13. The predicted octanol–water partition coefficient (Wildman–Crippen LogP) is 7.74. The molecule has 0 aliphatic carbocycles. The second-order valence-electron chi connectivity index (χ2n) is 8.44. The Morgan fingerprint density at radius 1 is 0.781 bits per heavy atom. The predicted molar refractivity (Wildman–Crippen MR) is 130 cm³/mol. The molecule has 0 N–H and O–H groups in total. The first kappa shape index (κ1) is 25.9. The quantitative estimate of drug-likeness (QED) is 0.152. The molecule has 0 fully saturated rings. The Bertz CT molecular complexity index is 752. The number of carbonyl (C=O) groups excluding carboxylic acids is 1. The number of carbonyl (C=O) groups is 1. The summed E-state index contributed by atoms with van der Waals surface area (Å²) < 4.78 is 17.2. The van der Waals surface area contributed by atoms with E-state index in [1.54, 1.807) is 12.1 Å². The van der Waals surface area contributed by atoms with Crippen LogP contribution in [-0.4, -0.2) is 18.7 Å². The second-order valence-corrected chi connectivity index (χ2v) is 8.44. The van der Waals surface area contributed by atoms with Crippen molar-refractivity contribution >= 4 is 5.97 Å². The molecule has 0 bridgehead atoms. The first-order valence-corrected chi connectivity index (χ1v) is 12.3. The first-order valence-electron chi connectivity index (χ1n) is 12.3. The summed E-state index contributed by atoms with van der Waals surface area (Å²) >= 11 is 0. The highest BCUT2D eigenvalue weighted by molar-refractivity contribution is 5.91. The number of hydrogen-bond donors (Lipinski definition) is 0. The Morgan fingerprint density at radius 3 is 2.06 bits per heavy atom. The molecule has 0 heterocycles. The molecule has 0 saturated carbocycles. The van der Waals surface area contributed by atoms with Crippen LogP contribution in [0.25, 0.3) is 0 Å². The standard InChI is InChI=1S/C28H40O4/c1-4-6-8-10-12-23(3)31-22-24-13-17-27(18-14-24)32-28(29)25-15-19-26(20-16-25)30-21-11-9-7-5-2/h13-20,23H,4-12,21-22H2,1-3H3. The van der Waals surface area contributed by atoms with E-state index in [1.807, 2.05) is 36.4 Å². The number of benzene rings is 2. The summed E-state index contributed by atoms with van der Waals surface area (Å²) in [6, 6.07) is 14.7. The van der Waals surface area contributed by atoms with Gasteiger partial charge in [-0.1, -0.05) is 70.9 Å². The van der Waals surface area contributed by atoms with Crippen molar-refractivity contribution < 1.29 is 19.0 Å². The summed E-state index contributed by atoms with van der Waals surface area (Å²) in [5.41, 5.74) is 1.58. The van der Waals surface area contributed by atoms with Gasteiger partial charge in [-0.2, -0.15) is 0 Å². The minimum absolute atomic E-state index is 0.257. The summed E-state index contributed by atoms with van der Waals surface area (Å²) in [5, 5.41) is 0. The number of ether oxygens (including phenoxy) is 3. The zero-order chi connectivity index (χ0) is 23.0. The van der Waals surface area contributed by atoms with E-state index >= 15 is 0 Å². The highest BCUT2D eigenvalue weighted by Crippen LogP contribution is 2.18. The molecular formula is C28H40O4. The van der Waals surface area contributed by atoms with Crippen molar-refractivity contribution in [1.82, 2.24) is 0 Å². The van der Waals surface area contributed by atoms with Crippen LogP contribution in [0, 0.1) is 0 Å². The number of rotatable bonds is 16. The average molecular weight is 441 g/mol. The van der Waals surface area contributed by atoms with Crippen LogP contribution in [0.1, 0.15) is 94.5 Å². The van der Waals surface area contributed by atoms with Gasteiger partial charge in [-0.05, 0) is 61.7 Å². The SMILES string of the molecule is CCCCCCOc1ccc(C(=O)Oc2ccc(COC(C)CCCCCC)cc2)cc1. The van der Waals surface area contributed by atoms with Crippen LogP contribution in [0.4, 0.5) is 0 Å². The molecular weight excluding hydrogens is 400 g/mol. The summed E-state index contributed by atoms with van der Waals surface area (Å²) in [7, 11) is 0. The molecule has 0 radical (unpaired) electrons. The van der Waals surface area contributed by atoms with Crippen LogP contribution in [0.2, 0.25) is 0 Å². The lowest BCUT2D eigenvalue weighted by atomic mass is 10.1. The molecule has 2 aromatic rings. The van der Waals surface area contributed by atoms with E-state index in [0.717, 1.165) is 24.2 Å². The Labute approximate surface area is 194 Å². The second kappa shape index (κ2) is 15.5. The van der Waals surface area contributed by atoms with E-state index < -0.39 is 0 Å². The van der Waals surface area contributed by atoms with E-state index in [4.69, 9.17) is 14.2 Å². The van der Waals surface area contributed by atoms with Gasteiger partial charge in [0, 0.05) is 0 Å². The number of esters is 1.